The maximum atomic E-state index is 3.51. The zero-order valence-corrected chi connectivity index (χ0v) is 14.3. The van der Waals surface area contributed by atoms with Crippen molar-refractivity contribution in [3.63, 3.8) is 0 Å². The van der Waals surface area contributed by atoms with E-state index >= 15 is 0 Å². The summed E-state index contributed by atoms with van der Waals surface area (Å²) in [4.78, 5) is 2.13. The number of hydrogen-bond acceptors (Lipinski definition) is 2. The van der Waals surface area contributed by atoms with Gasteiger partial charge in [-0.1, -0.05) is 58.3 Å². The molecular weight excluding hydrogens is 256 g/mol. The summed E-state index contributed by atoms with van der Waals surface area (Å²) in [7, 11) is 4.15. The average Bonchev–Trinajstić information content (AvgIpc) is 2.49. The maximum Gasteiger partial charge on any atom is 0.0362 e. The van der Waals surface area contributed by atoms with Gasteiger partial charge in [0.15, 0.2) is 0 Å². The molecule has 0 saturated carbocycles. The van der Waals surface area contributed by atoms with Gasteiger partial charge >= 0.3 is 0 Å². The molecule has 0 spiro atoms. The molecule has 1 aromatic rings. The van der Waals surface area contributed by atoms with Crippen LogP contribution >= 0.6 is 0 Å². The van der Waals surface area contributed by atoms with Crippen molar-refractivity contribution >= 4 is 11.4 Å². The van der Waals surface area contributed by atoms with E-state index in [0.717, 1.165) is 6.54 Å². The fraction of sp³-hybridized carbons (Fsp3) is 0.684. The van der Waals surface area contributed by atoms with Crippen molar-refractivity contribution in [1.82, 2.24) is 0 Å². The van der Waals surface area contributed by atoms with E-state index in [4.69, 9.17) is 0 Å². The molecular formula is C19H34N2. The summed E-state index contributed by atoms with van der Waals surface area (Å²) in [5.41, 5.74) is 2.49. The lowest BCUT2D eigenvalue weighted by Gasteiger charge is -2.13. The summed E-state index contributed by atoms with van der Waals surface area (Å²) in [5, 5.41) is 3.51. The molecule has 0 unspecified atom stereocenters. The largest absolute Gasteiger partial charge is 0.385 e. The highest BCUT2D eigenvalue weighted by Crippen LogP contribution is 2.16. The van der Waals surface area contributed by atoms with Crippen molar-refractivity contribution in [2.24, 2.45) is 0 Å². The van der Waals surface area contributed by atoms with Crippen LogP contribution in [0.15, 0.2) is 24.3 Å². The standard InChI is InChI=1S/C19H34N2/c1-4-5-6-7-8-9-10-11-12-17-20-18-13-15-19(16-14-18)21(2)3/h13-16,20H,4-12,17H2,1-3H3. The highest BCUT2D eigenvalue weighted by Gasteiger charge is 1.96. The van der Waals surface area contributed by atoms with Crippen LogP contribution in [-0.2, 0) is 0 Å². The minimum absolute atomic E-state index is 1.09. The number of benzene rings is 1. The summed E-state index contributed by atoms with van der Waals surface area (Å²) in [6.07, 6.45) is 12.5. The first-order valence-electron chi connectivity index (χ1n) is 8.75. The molecule has 1 rings (SSSR count). The molecule has 0 bridgehead atoms. The quantitative estimate of drug-likeness (QED) is 0.497. The van der Waals surface area contributed by atoms with E-state index in [2.05, 4.69) is 55.5 Å². The molecule has 0 saturated heterocycles. The van der Waals surface area contributed by atoms with Gasteiger partial charge in [0.25, 0.3) is 0 Å². The molecule has 21 heavy (non-hydrogen) atoms. The Labute approximate surface area is 131 Å². The van der Waals surface area contributed by atoms with Crippen LogP contribution in [0.5, 0.6) is 0 Å². The number of unbranched alkanes of at least 4 members (excludes halogenated alkanes) is 8. The van der Waals surface area contributed by atoms with Crippen LogP contribution in [0.2, 0.25) is 0 Å². The summed E-state index contributed by atoms with van der Waals surface area (Å²) in [5.74, 6) is 0. The lowest BCUT2D eigenvalue weighted by molar-refractivity contribution is 0.569. The first-order chi connectivity index (χ1) is 10.2. The van der Waals surface area contributed by atoms with Crippen molar-refractivity contribution in [1.29, 1.82) is 0 Å². The van der Waals surface area contributed by atoms with Crippen LogP contribution in [0.1, 0.15) is 64.7 Å². The maximum absolute atomic E-state index is 3.51. The normalized spacial score (nSPS) is 10.6. The van der Waals surface area contributed by atoms with E-state index in [1.54, 1.807) is 0 Å². The molecule has 0 fully saturated rings. The number of nitrogens with one attached hydrogen (secondary N) is 1. The predicted octanol–water partition coefficient (Wildman–Crippen LogP) is 5.70. The second-order valence-electron chi connectivity index (χ2n) is 6.20. The highest BCUT2D eigenvalue weighted by atomic mass is 15.1. The van der Waals surface area contributed by atoms with E-state index in [-0.39, 0.29) is 0 Å². The van der Waals surface area contributed by atoms with E-state index in [1.807, 2.05) is 0 Å². The predicted molar refractivity (Wildman–Crippen MR) is 96.5 cm³/mol. The Kier molecular flexibility index (Phi) is 9.77. The molecule has 0 aliphatic rings. The molecule has 1 N–H and O–H groups in total. The molecule has 0 amide bonds. The van der Waals surface area contributed by atoms with Gasteiger partial charge in [-0.15, -0.1) is 0 Å². The van der Waals surface area contributed by atoms with Crippen LogP contribution in [-0.4, -0.2) is 20.6 Å². The summed E-state index contributed by atoms with van der Waals surface area (Å²) in [6, 6.07) is 8.67. The molecule has 2 heteroatoms. The monoisotopic (exact) mass is 290 g/mol. The summed E-state index contributed by atoms with van der Waals surface area (Å²) >= 11 is 0. The zero-order valence-electron chi connectivity index (χ0n) is 14.3. The highest BCUT2D eigenvalue weighted by molar-refractivity contribution is 5.54. The van der Waals surface area contributed by atoms with Crippen LogP contribution in [0, 0.1) is 0 Å². The first kappa shape index (κ1) is 17.9. The van der Waals surface area contributed by atoms with Crippen molar-refractivity contribution < 1.29 is 0 Å². The first-order valence-corrected chi connectivity index (χ1v) is 8.75. The molecule has 0 aromatic heterocycles. The lowest BCUT2D eigenvalue weighted by atomic mass is 10.1. The smallest absolute Gasteiger partial charge is 0.0362 e. The second-order valence-corrected chi connectivity index (χ2v) is 6.20. The Balaban J connectivity index is 1.96. The number of anilines is 2. The van der Waals surface area contributed by atoms with E-state index in [9.17, 15) is 0 Å². The topological polar surface area (TPSA) is 15.3 Å². The van der Waals surface area contributed by atoms with Gasteiger partial charge in [-0.3, -0.25) is 0 Å². The van der Waals surface area contributed by atoms with Crippen LogP contribution in [0.25, 0.3) is 0 Å². The third kappa shape index (κ3) is 8.64. The Morgan fingerprint density at radius 3 is 1.81 bits per heavy atom. The third-order valence-corrected chi connectivity index (χ3v) is 3.99. The minimum atomic E-state index is 1.09. The molecule has 0 atom stereocenters. The van der Waals surface area contributed by atoms with E-state index < -0.39 is 0 Å². The third-order valence-electron chi connectivity index (χ3n) is 3.99. The fourth-order valence-electron chi connectivity index (χ4n) is 2.55. The molecule has 0 aliphatic carbocycles. The number of nitrogens with zero attached hydrogens (tertiary/aromatic N) is 1. The SMILES string of the molecule is CCCCCCCCCCCNc1ccc(N(C)C)cc1. The second kappa shape index (κ2) is 11.5. The lowest BCUT2D eigenvalue weighted by Crippen LogP contribution is -2.08. The van der Waals surface area contributed by atoms with Gasteiger partial charge in [0, 0.05) is 32.0 Å². The van der Waals surface area contributed by atoms with Gasteiger partial charge in [0.05, 0.1) is 0 Å². The Morgan fingerprint density at radius 1 is 0.762 bits per heavy atom. The van der Waals surface area contributed by atoms with Gasteiger partial charge in [0.2, 0.25) is 0 Å². The molecule has 1 aromatic carbocycles. The van der Waals surface area contributed by atoms with Gasteiger partial charge in [0.1, 0.15) is 0 Å². The van der Waals surface area contributed by atoms with Crippen LogP contribution in [0.3, 0.4) is 0 Å². The molecule has 0 aliphatic heterocycles. The summed E-state index contributed by atoms with van der Waals surface area (Å²) < 4.78 is 0. The van der Waals surface area contributed by atoms with Crippen LogP contribution < -0.4 is 10.2 Å². The molecule has 0 heterocycles. The van der Waals surface area contributed by atoms with Crippen molar-refractivity contribution in [2.75, 3.05) is 30.9 Å². The van der Waals surface area contributed by atoms with Gasteiger partial charge in [-0.05, 0) is 30.7 Å². The summed E-state index contributed by atoms with van der Waals surface area (Å²) in [6.45, 7) is 3.37. The molecule has 120 valence electrons. The van der Waals surface area contributed by atoms with Crippen LogP contribution in [0.4, 0.5) is 11.4 Å². The van der Waals surface area contributed by atoms with Gasteiger partial charge in [-0.25, -0.2) is 0 Å². The fourth-order valence-corrected chi connectivity index (χ4v) is 2.55. The van der Waals surface area contributed by atoms with Gasteiger partial charge in [-0.2, -0.15) is 0 Å². The van der Waals surface area contributed by atoms with Crippen molar-refractivity contribution in [3.05, 3.63) is 24.3 Å². The van der Waals surface area contributed by atoms with Crippen molar-refractivity contribution in [3.8, 4) is 0 Å². The number of rotatable bonds is 12. The Morgan fingerprint density at radius 2 is 1.29 bits per heavy atom. The zero-order chi connectivity index (χ0) is 15.3. The average molecular weight is 290 g/mol. The minimum Gasteiger partial charge on any atom is -0.385 e. The number of hydrogen-bond donors (Lipinski definition) is 1. The Hall–Kier alpha value is -1.18. The van der Waals surface area contributed by atoms with E-state index in [0.29, 0.717) is 0 Å². The van der Waals surface area contributed by atoms with Gasteiger partial charge < -0.3 is 10.2 Å². The van der Waals surface area contributed by atoms with E-state index in [1.165, 1.54) is 69.2 Å². The Bertz CT molecular complexity index is 343. The molecule has 0 radical (unpaired) electrons. The molecule has 2 nitrogen and oxygen atoms in total. The van der Waals surface area contributed by atoms with Crippen molar-refractivity contribution in [2.45, 2.75) is 64.7 Å².